The van der Waals surface area contributed by atoms with Crippen LogP contribution in [-0.4, -0.2) is 13.1 Å². The lowest BCUT2D eigenvalue weighted by Crippen LogP contribution is -2.12. The Balaban J connectivity index is 3.14. The fraction of sp³-hybridized carbons (Fsp3) is 0.308. The molecule has 2 N–H and O–H groups in total. The maximum atomic E-state index is 11.6. The van der Waals surface area contributed by atoms with Gasteiger partial charge in [0.05, 0.1) is 12.7 Å². The van der Waals surface area contributed by atoms with Crippen LogP contribution in [-0.2, 0) is 9.53 Å². The van der Waals surface area contributed by atoms with Crippen molar-refractivity contribution in [3.63, 3.8) is 0 Å². The zero-order valence-corrected chi connectivity index (χ0v) is 11.6. The van der Waals surface area contributed by atoms with Gasteiger partial charge in [0.25, 0.3) is 0 Å². The summed E-state index contributed by atoms with van der Waals surface area (Å²) in [5, 5.41) is 0. The summed E-state index contributed by atoms with van der Waals surface area (Å²) in [6.45, 7) is 2.00. The molecule has 0 heterocycles. The van der Waals surface area contributed by atoms with Gasteiger partial charge in [0.1, 0.15) is 0 Å². The van der Waals surface area contributed by atoms with Crippen molar-refractivity contribution in [3.05, 3.63) is 39.9 Å². The molecule has 1 aromatic carbocycles. The van der Waals surface area contributed by atoms with Crippen molar-refractivity contribution in [1.82, 2.24) is 0 Å². The van der Waals surface area contributed by atoms with Crippen LogP contribution in [0.5, 0.6) is 0 Å². The summed E-state index contributed by atoms with van der Waals surface area (Å²) in [5.74, 6) is -0.354. The molecule has 92 valence electrons. The molecule has 0 aliphatic carbocycles. The average molecular weight is 298 g/mol. The lowest BCUT2D eigenvalue weighted by molar-refractivity contribution is -0.136. The van der Waals surface area contributed by atoms with Gasteiger partial charge in [0, 0.05) is 10.2 Å². The number of benzene rings is 1. The Morgan fingerprint density at radius 3 is 2.41 bits per heavy atom. The number of hydrogen-bond acceptors (Lipinski definition) is 3. The van der Waals surface area contributed by atoms with Gasteiger partial charge < -0.3 is 10.5 Å². The van der Waals surface area contributed by atoms with E-state index in [1.807, 2.05) is 31.2 Å². The highest BCUT2D eigenvalue weighted by Gasteiger charge is 2.14. The largest absolute Gasteiger partial charge is 0.466 e. The molecular formula is C13H16BrNO2. The number of nitrogens with two attached hydrogens (primary N) is 1. The summed E-state index contributed by atoms with van der Waals surface area (Å²) in [5.41, 5.74) is 7.88. The second-order valence-electron chi connectivity index (χ2n) is 3.64. The van der Waals surface area contributed by atoms with E-state index >= 15 is 0 Å². The SMILES string of the molecule is CCC/C(C(=O)OC)=C(\N)c1ccc(Br)cc1. The molecule has 0 bridgehead atoms. The van der Waals surface area contributed by atoms with Crippen molar-refractivity contribution in [1.29, 1.82) is 0 Å². The van der Waals surface area contributed by atoms with Crippen molar-refractivity contribution >= 4 is 27.6 Å². The topological polar surface area (TPSA) is 52.3 Å². The van der Waals surface area contributed by atoms with E-state index in [4.69, 9.17) is 10.5 Å². The highest BCUT2D eigenvalue weighted by Crippen LogP contribution is 2.20. The van der Waals surface area contributed by atoms with Gasteiger partial charge >= 0.3 is 5.97 Å². The first kappa shape index (κ1) is 13.8. The standard InChI is InChI=1S/C13H16BrNO2/c1-3-4-11(13(16)17-2)12(15)9-5-7-10(14)8-6-9/h5-8H,3-4,15H2,1-2H3/b12-11+. The predicted molar refractivity (Wildman–Crippen MR) is 72.2 cm³/mol. The Labute approximate surface area is 110 Å². The Hall–Kier alpha value is -1.29. The summed E-state index contributed by atoms with van der Waals surface area (Å²) >= 11 is 3.36. The summed E-state index contributed by atoms with van der Waals surface area (Å²) < 4.78 is 5.72. The van der Waals surface area contributed by atoms with Gasteiger partial charge in [-0.1, -0.05) is 41.4 Å². The maximum absolute atomic E-state index is 11.6. The fourth-order valence-corrected chi connectivity index (χ4v) is 1.79. The monoisotopic (exact) mass is 297 g/mol. The smallest absolute Gasteiger partial charge is 0.335 e. The first-order valence-electron chi connectivity index (χ1n) is 5.43. The Morgan fingerprint density at radius 1 is 1.35 bits per heavy atom. The summed E-state index contributed by atoms with van der Waals surface area (Å²) in [4.78, 5) is 11.6. The van der Waals surface area contributed by atoms with E-state index in [0.29, 0.717) is 17.7 Å². The minimum atomic E-state index is -0.354. The molecule has 0 aliphatic heterocycles. The molecule has 0 aliphatic rings. The van der Waals surface area contributed by atoms with Gasteiger partial charge in [-0.2, -0.15) is 0 Å². The molecule has 0 unspecified atom stereocenters. The summed E-state index contributed by atoms with van der Waals surface area (Å²) in [6, 6.07) is 7.53. The molecule has 0 saturated carbocycles. The molecule has 0 aromatic heterocycles. The zero-order valence-electron chi connectivity index (χ0n) is 10.00. The number of rotatable bonds is 4. The number of esters is 1. The van der Waals surface area contributed by atoms with Crippen molar-refractivity contribution in [3.8, 4) is 0 Å². The van der Waals surface area contributed by atoms with Crippen LogP contribution in [0.15, 0.2) is 34.3 Å². The molecule has 0 radical (unpaired) electrons. The Kier molecular flexibility index (Phi) is 5.22. The van der Waals surface area contributed by atoms with Crippen LogP contribution in [0.2, 0.25) is 0 Å². The molecule has 0 spiro atoms. The molecule has 1 rings (SSSR count). The first-order valence-corrected chi connectivity index (χ1v) is 6.22. The highest BCUT2D eigenvalue weighted by atomic mass is 79.9. The third-order valence-electron chi connectivity index (χ3n) is 2.41. The van der Waals surface area contributed by atoms with Gasteiger partial charge in [0.15, 0.2) is 0 Å². The van der Waals surface area contributed by atoms with Crippen LogP contribution in [0, 0.1) is 0 Å². The second kappa shape index (κ2) is 6.45. The lowest BCUT2D eigenvalue weighted by Gasteiger charge is -2.09. The van der Waals surface area contributed by atoms with E-state index in [1.54, 1.807) is 0 Å². The van der Waals surface area contributed by atoms with Crippen LogP contribution >= 0.6 is 15.9 Å². The van der Waals surface area contributed by atoms with Crippen molar-refractivity contribution < 1.29 is 9.53 Å². The predicted octanol–water partition coefficient (Wildman–Crippen LogP) is 3.09. The van der Waals surface area contributed by atoms with Crippen LogP contribution in [0.1, 0.15) is 25.3 Å². The molecule has 4 heteroatoms. The molecule has 3 nitrogen and oxygen atoms in total. The van der Waals surface area contributed by atoms with Crippen LogP contribution < -0.4 is 5.73 Å². The summed E-state index contributed by atoms with van der Waals surface area (Å²) in [7, 11) is 1.37. The molecular weight excluding hydrogens is 282 g/mol. The van der Waals surface area contributed by atoms with E-state index in [2.05, 4.69) is 15.9 Å². The van der Waals surface area contributed by atoms with Crippen molar-refractivity contribution in [2.75, 3.05) is 7.11 Å². The number of ether oxygens (including phenoxy) is 1. The molecule has 0 amide bonds. The van der Waals surface area contributed by atoms with Gasteiger partial charge in [-0.3, -0.25) is 0 Å². The number of hydrogen-bond donors (Lipinski definition) is 1. The number of carbonyl (C=O) groups excluding carboxylic acids is 1. The van der Waals surface area contributed by atoms with Crippen molar-refractivity contribution in [2.45, 2.75) is 19.8 Å². The minimum absolute atomic E-state index is 0.354. The average Bonchev–Trinajstić information content (AvgIpc) is 2.35. The van der Waals surface area contributed by atoms with Crippen LogP contribution in [0.25, 0.3) is 5.70 Å². The molecule has 17 heavy (non-hydrogen) atoms. The van der Waals surface area contributed by atoms with Crippen molar-refractivity contribution in [2.24, 2.45) is 5.73 Å². The maximum Gasteiger partial charge on any atom is 0.335 e. The summed E-state index contributed by atoms with van der Waals surface area (Å²) in [6.07, 6.45) is 1.47. The Morgan fingerprint density at radius 2 is 1.94 bits per heavy atom. The molecule has 1 aromatic rings. The number of methoxy groups -OCH3 is 1. The number of halogens is 1. The number of carbonyl (C=O) groups is 1. The van der Waals surface area contributed by atoms with Crippen LogP contribution in [0.4, 0.5) is 0 Å². The van der Waals surface area contributed by atoms with E-state index in [1.165, 1.54) is 7.11 Å². The van der Waals surface area contributed by atoms with E-state index in [-0.39, 0.29) is 5.97 Å². The first-order chi connectivity index (χ1) is 8.10. The van der Waals surface area contributed by atoms with Gasteiger partial charge in [-0.25, -0.2) is 4.79 Å². The highest BCUT2D eigenvalue weighted by molar-refractivity contribution is 9.10. The van der Waals surface area contributed by atoms with Gasteiger partial charge in [0.2, 0.25) is 0 Å². The van der Waals surface area contributed by atoms with E-state index in [9.17, 15) is 4.79 Å². The van der Waals surface area contributed by atoms with E-state index < -0.39 is 0 Å². The normalized spacial score (nSPS) is 11.9. The zero-order chi connectivity index (χ0) is 12.8. The molecule has 0 saturated heterocycles. The van der Waals surface area contributed by atoms with E-state index in [0.717, 1.165) is 16.5 Å². The molecule has 0 atom stereocenters. The van der Waals surface area contributed by atoms with Gasteiger partial charge in [-0.15, -0.1) is 0 Å². The lowest BCUT2D eigenvalue weighted by atomic mass is 10.0. The third-order valence-corrected chi connectivity index (χ3v) is 2.94. The third kappa shape index (κ3) is 3.60. The quantitative estimate of drug-likeness (QED) is 0.686. The van der Waals surface area contributed by atoms with Crippen LogP contribution in [0.3, 0.4) is 0 Å². The van der Waals surface area contributed by atoms with Gasteiger partial charge in [-0.05, 0) is 24.1 Å². The Bertz CT molecular complexity index is 424. The molecule has 0 fully saturated rings. The minimum Gasteiger partial charge on any atom is -0.466 e. The fourth-order valence-electron chi connectivity index (χ4n) is 1.52. The second-order valence-corrected chi connectivity index (χ2v) is 4.56.